The summed E-state index contributed by atoms with van der Waals surface area (Å²) < 4.78 is 0. The SMILES string of the molecule is O=C(CCCc1ccccc1)c1ccccc1Cl. The second kappa shape index (κ2) is 6.36. The van der Waals surface area contributed by atoms with Gasteiger partial charge in [-0.05, 0) is 30.5 Å². The summed E-state index contributed by atoms with van der Waals surface area (Å²) in [7, 11) is 0. The number of aryl methyl sites for hydroxylation is 1. The van der Waals surface area contributed by atoms with E-state index in [1.54, 1.807) is 12.1 Å². The maximum Gasteiger partial charge on any atom is 0.164 e. The van der Waals surface area contributed by atoms with Crippen molar-refractivity contribution in [1.29, 1.82) is 0 Å². The van der Waals surface area contributed by atoms with Crippen LogP contribution in [-0.4, -0.2) is 5.78 Å². The first-order chi connectivity index (χ1) is 8.77. The fourth-order valence-corrected chi connectivity index (χ4v) is 2.16. The van der Waals surface area contributed by atoms with E-state index in [9.17, 15) is 4.79 Å². The highest BCUT2D eigenvalue weighted by Gasteiger charge is 2.08. The molecule has 0 aliphatic heterocycles. The summed E-state index contributed by atoms with van der Waals surface area (Å²) in [6.07, 6.45) is 2.32. The van der Waals surface area contributed by atoms with Gasteiger partial charge < -0.3 is 0 Å². The Morgan fingerprint density at radius 2 is 1.61 bits per heavy atom. The Morgan fingerprint density at radius 3 is 2.33 bits per heavy atom. The van der Waals surface area contributed by atoms with Gasteiger partial charge in [0.25, 0.3) is 0 Å². The first-order valence-electron chi connectivity index (χ1n) is 6.09. The molecule has 0 radical (unpaired) electrons. The number of carbonyl (C=O) groups is 1. The Morgan fingerprint density at radius 1 is 0.944 bits per heavy atom. The number of Topliss-reactive ketones (excluding diaryl/α,β-unsaturated/α-hetero) is 1. The predicted octanol–water partition coefficient (Wildman–Crippen LogP) is 4.55. The lowest BCUT2D eigenvalue weighted by molar-refractivity contribution is 0.0980. The highest BCUT2D eigenvalue weighted by atomic mass is 35.5. The summed E-state index contributed by atoms with van der Waals surface area (Å²) >= 11 is 5.99. The van der Waals surface area contributed by atoms with Gasteiger partial charge in [-0.3, -0.25) is 4.79 Å². The van der Waals surface area contributed by atoms with Crippen LogP contribution in [0.15, 0.2) is 54.6 Å². The molecule has 2 rings (SSSR count). The number of ketones is 1. The zero-order chi connectivity index (χ0) is 12.8. The second-order valence-electron chi connectivity index (χ2n) is 4.24. The molecule has 0 aliphatic rings. The van der Waals surface area contributed by atoms with E-state index in [-0.39, 0.29) is 5.78 Å². The van der Waals surface area contributed by atoms with Crippen LogP contribution in [0.5, 0.6) is 0 Å². The van der Waals surface area contributed by atoms with Gasteiger partial charge >= 0.3 is 0 Å². The van der Waals surface area contributed by atoms with E-state index in [0.717, 1.165) is 12.8 Å². The van der Waals surface area contributed by atoms with Crippen LogP contribution in [0.25, 0.3) is 0 Å². The molecule has 18 heavy (non-hydrogen) atoms. The highest BCUT2D eigenvalue weighted by Crippen LogP contribution is 2.18. The molecular formula is C16H15ClO. The van der Waals surface area contributed by atoms with Gasteiger partial charge in [-0.1, -0.05) is 54.1 Å². The fourth-order valence-electron chi connectivity index (χ4n) is 1.92. The number of hydrogen-bond donors (Lipinski definition) is 0. The molecule has 0 amide bonds. The van der Waals surface area contributed by atoms with Crippen LogP contribution in [0.3, 0.4) is 0 Å². The minimum Gasteiger partial charge on any atom is -0.294 e. The molecule has 2 aromatic rings. The zero-order valence-corrected chi connectivity index (χ0v) is 10.9. The Labute approximate surface area is 112 Å². The summed E-state index contributed by atoms with van der Waals surface area (Å²) in [6, 6.07) is 17.4. The normalized spacial score (nSPS) is 10.3. The Bertz CT molecular complexity index is 520. The third-order valence-corrected chi connectivity index (χ3v) is 3.22. The van der Waals surface area contributed by atoms with Gasteiger partial charge in [0, 0.05) is 12.0 Å². The van der Waals surface area contributed by atoms with E-state index in [1.165, 1.54) is 5.56 Å². The lowest BCUT2D eigenvalue weighted by Crippen LogP contribution is -2.00. The molecule has 0 saturated heterocycles. The molecule has 0 saturated carbocycles. The Hall–Kier alpha value is -1.60. The largest absolute Gasteiger partial charge is 0.294 e. The molecule has 0 unspecified atom stereocenters. The van der Waals surface area contributed by atoms with Gasteiger partial charge in [-0.2, -0.15) is 0 Å². The minimum absolute atomic E-state index is 0.122. The predicted molar refractivity (Wildman–Crippen MR) is 75.2 cm³/mol. The third kappa shape index (κ3) is 3.44. The molecule has 0 aromatic heterocycles. The third-order valence-electron chi connectivity index (χ3n) is 2.89. The maximum absolute atomic E-state index is 12.0. The molecule has 0 atom stereocenters. The van der Waals surface area contributed by atoms with E-state index in [2.05, 4.69) is 12.1 Å². The number of hydrogen-bond acceptors (Lipinski definition) is 1. The number of halogens is 1. The first-order valence-corrected chi connectivity index (χ1v) is 6.47. The van der Waals surface area contributed by atoms with Crippen molar-refractivity contribution < 1.29 is 4.79 Å². The number of carbonyl (C=O) groups excluding carboxylic acids is 1. The van der Waals surface area contributed by atoms with Crippen molar-refractivity contribution >= 4 is 17.4 Å². The summed E-state index contributed by atoms with van der Waals surface area (Å²) in [5.74, 6) is 0.122. The van der Waals surface area contributed by atoms with Crippen LogP contribution in [0.1, 0.15) is 28.8 Å². The van der Waals surface area contributed by atoms with Gasteiger partial charge in [-0.15, -0.1) is 0 Å². The van der Waals surface area contributed by atoms with Gasteiger partial charge in [0.15, 0.2) is 5.78 Å². The average molecular weight is 259 g/mol. The smallest absolute Gasteiger partial charge is 0.164 e. The van der Waals surface area contributed by atoms with Crippen molar-refractivity contribution in [2.24, 2.45) is 0 Å². The summed E-state index contributed by atoms with van der Waals surface area (Å²) in [5, 5.41) is 0.544. The van der Waals surface area contributed by atoms with Crippen molar-refractivity contribution in [3.05, 3.63) is 70.7 Å². The number of benzene rings is 2. The van der Waals surface area contributed by atoms with Crippen LogP contribution in [0, 0.1) is 0 Å². The highest BCUT2D eigenvalue weighted by molar-refractivity contribution is 6.33. The average Bonchev–Trinajstić information content (AvgIpc) is 2.40. The van der Waals surface area contributed by atoms with Crippen molar-refractivity contribution in [1.82, 2.24) is 0 Å². The van der Waals surface area contributed by atoms with E-state index in [4.69, 9.17) is 11.6 Å². The molecule has 2 aromatic carbocycles. The Kier molecular flexibility index (Phi) is 4.54. The molecule has 0 N–H and O–H groups in total. The topological polar surface area (TPSA) is 17.1 Å². The fraction of sp³-hybridized carbons (Fsp3) is 0.188. The van der Waals surface area contributed by atoms with E-state index >= 15 is 0 Å². The van der Waals surface area contributed by atoms with Gasteiger partial charge in [-0.25, -0.2) is 0 Å². The molecule has 92 valence electrons. The van der Waals surface area contributed by atoms with Crippen LogP contribution >= 0.6 is 11.6 Å². The van der Waals surface area contributed by atoms with Crippen molar-refractivity contribution in [2.75, 3.05) is 0 Å². The summed E-state index contributed by atoms with van der Waals surface area (Å²) in [6.45, 7) is 0. The van der Waals surface area contributed by atoms with Crippen LogP contribution in [0.4, 0.5) is 0 Å². The lowest BCUT2D eigenvalue weighted by Gasteiger charge is -2.03. The monoisotopic (exact) mass is 258 g/mol. The molecule has 0 fully saturated rings. The van der Waals surface area contributed by atoms with Crippen molar-refractivity contribution in [3.8, 4) is 0 Å². The molecule has 0 spiro atoms. The summed E-state index contributed by atoms with van der Waals surface area (Å²) in [5.41, 5.74) is 1.90. The van der Waals surface area contributed by atoms with Gasteiger partial charge in [0.1, 0.15) is 0 Å². The zero-order valence-electron chi connectivity index (χ0n) is 10.1. The Balaban J connectivity index is 1.88. The van der Waals surface area contributed by atoms with Crippen LogP contribution < -0.4 is 0 Å². The van der Waals surface area contributed by atoms with Crippen molar-refractivity contribution in [3.63, 3.8) is 0 Å². The molecule has 0 heterocycles. The molecule has 0 bridgehead atoms. The standard InChI is InChI=1S/C16H15ClO/c17-15-11-5-4-10-14(15)16(18)12-6-9-13-7-2-1-3-8-13/h1-5,7-8,10-11H,6,9,12H2. The van der Waals surface area contributed by atoms with Crippen LogP contribution in [0.2, 0.25) is 5.02 Å². The molecule has 2 heteroatoms. The van der Waals surface area contributed by atoms with E-state index < -0.39 is 0 Å². The van der Waals surface area contributed by atoms with E-state index in [0.29, 0.717) is 17.0 Å². The minimum atomic E-state index is 0.122. The molecule has 1 nitrogen and oxygen atoms in total. The molecule has 0 aliphatic carbocycles. The lowest BCUT2D eigenvalue weighted by atomic mass is 10.0. The molecular weight excluding hydrogens is 244 g/mol. The second-order valence-corrected chi connectivity index (χ2v) is 4.65. The van der Waals surface area contributed by atoms with Gasteiger partial charge in [0.2, 0.25) is 0 Å². The number of rotatable bonds is 5. The van der Waals surface area contributed by atoms with Gasteiger partial charge in [0.05, 0.1) is 5.02 Å². The van der Waals surface area contributed by atoms with Crippen LogP contribution in [-0.2, 0) is 6.42 Å². The maximum atomic E-state index is 12.0. The van der Waals surface area contributed by atoms with E-state index in [1.807, 2.05) is 30.3 Å². The quantitative estimate of drug-likeness (QED) is 0.720. The van der Waals surface area contributed by atoms with Crippen molar-refractivity contribution in [2.45, 2.75) is 19.3 Å². The summed E-state index contributed by atoms with van der Waals surface area (Å²) in [4.78, 5) is 12.0. The first kappa shape index (κ1) is 12.8.